The summed E-state index contributed by atoms with van der Waals surface area (Å²) in [7, 11) is 0. The Hall–Kier alpha value is -2.17. The molecule has 2 aromatic carbocycles. The van der Waals surface area contributed by atoms with Crippen molar-refractivity contribution >= 4 is 34.4 Å². The van der Waals surface area contributed by atoms with Gasteiger partial charge in [-0.2, -0.15) is 13.2 Å². The molecule has 0 radical (unpaired) electrons. The smallest absolute Gasteiger partial charge is 0.347 e. The highest BCUT2D eigenvalue weighted by atomic mass is 127. The SMILES string of the molecule is C[C@@H]1C[C@H](C(=O)N[C@@H](c2ccc(C(F)(F)F)c(F)c2)C2CC2)N(C(=O)c2cccc(I)c2)[C@@H]1C. The average molecular weight is 588 g/mol. The third-order valence-corrected chi connectivity index (χ3v) is 7.52. The second-order valence-corrected chi connectivity index (χ2v) is 10.5. The van der Waals surface area contributed by atoms with Crippen molar-refractivity contribution < 1.29 is 27.2 Å². The number of alkyl halides is 3. The third-order valence-electron chi connectivity index (χ3n) is 6.85. The van der Waals surface area contributed by atoms with Gasteiger partial charge in [0.05, 0.1) is 11.6 Å². The summed E-state index contributed by atoms with van der Waals surface area (Å²) in [6.07, 6.45) is -2.74. The van der Waals surface area contributed by atoms with Gasteiger partial charge in [0.1, 0.15) is 11.9 Å². The fourth-order valence-electron chi connectivity index (χ4n) is 4.66. The van der Waals surface area contributed by atoms with Crippen molar-refractivity contribution in [1.82, 2.24) is 10.2 Å². The minimum absolute atomic E-state index is 0.0243. The zero-order chi connectivity index (χ0) is 24.8. The molecule has 1 saturated carbocycles. The van der Waals surface area contributed by atoms with Crippen LogP contribution < -0.4 is 5.32 Å². The molecule has 1 aliphatic heterocycles. The Morgan fingerprint density at radius 2 is 1.82 bits per heavy atom. The molecule has 0 spiro atoms. The Kier molecular flexibility index (Phi) is 6.94. The van der Waals surface area contributed by atoms with Crippen LogP contribution in [0.25, 0.3) is 0 Å². The lowest BCUT2D eigenvalue weighted by atomic mass is 9.99. The van der Waals surface area contributed by atoms with Crippen molar-refractivity contribution in [2.75, 3.05) is 0 Å². The molecule has 0 aromatic heterocycles. The van der Waals surface area contributed by atoms with E-state index in [0.29, 0.717) is 17.5 Å². The van der Waals surface area contributed by atoms with Crippen molar-refractivity contribution in [3.63, 3.8) is 0 Å². The molecule has 1 heterocycles. The number of rotatable bonds is 5. The molecule has 34 heavy (non-hydrogen) atoms. The van der Waals surface area contributed by atoms with Gasteiger partial charge in [-0.15, -0.1) is 0 Å². The van der Waals surface area contributed by atoms with Crippen molar-refractivity contribution in [3.8, 4) is 0 Å². The molecule has 1 aliphatic carbocycles. The Morgan fingerprint density at radius 3 is 2.41 bits per heavy atom. The van der Waals surface area contributed by atoms with Crippen LogP contribution in [0.5, 0.6) is 0 Å². The zero-order valence-corrected chi connectivity index (χ0v) is 20.9. The molecule has 182 valence electrons. The lowest BCUT2D eigenvalue weighted by molar-refractivity contribution is -0.140. The number of benzene rings is 2. The maximum Gasteiger partial charge on any atom is 0.419 e. The van der Waals surface area contributed by atoms with Crippen molar-refractivity contribution in [3.05, 3.63) is 68.5 Å². The molecule has 9 heteroatoms. The summed E-state index contributed by atoms with van der Waals surface area (Å²) in [6.45, 7) is 3.89. The number of likely N-dealkylation sites (tertiary alicyclic amines) is 1. The monoisotopic (exact) mass is 588 g/mol. The number of amides is 2. The molecule has 1 N–H and O–H groups in total. The summed E-state index contributed by atoms with van der Waals surface area (Å²) in [5.74, 6) is -1.85. The van der Waals surface area contributed by atoms with Crippen molar-refractivity contribution in [2.24, 2.45) is 11.8 Å². The van der Waals surface area contributed by atoms with Gasteiger partial charge in [-0.25, -0.2) is 4.39 Å². The maximum absolute atomic E-state index is 14.2. The zero-order valence-electron chi connectivity index (χ0n) is 18.7. The van der Waals surface area contributed by atoms with E-state index in [1.54, 1.807) is 23.1 Å². The first-order valence-electron chi connectivity index (χ1n) is 11.2. The number of hydrogen-bond donors (Lipinski definition) is 1. The molecule has 2 aliphatic rings. The molecule has 4 atom stereocenters. The van der Waals surface area contributed by atoms with Crippen LogP contribution in [0.1, 0.15) is 60.6 Å². The second kappa shape index (κ2) is 9.47. The molecule has 2 fully saturated rings. The molecule has 2 amide bonds. The van der Waals surface area contributed by atoms with Crippen LogP contribution in [0, 0.1) is 21.2 Å². The van der Waals surface area contributed by atoms with E-state index in [1.165, 1.54) is 6.07 Å². The van der Waals surface area contributed by atoms with Crippen LogP contribution >= 0.6 is 22.6 Å². The van der Waals surface area contributed by atoms with Gasteiger partial charge in [-0.05, 0) is 96.5 Å². The first-order valence-corrected chi connectivity index (χ1v) is 12.3. The summed E-state index contributed by atoms with van der Waals surface area (Å²) in [4.78, 5) is 28.3. The maximum atomic E-state index is 14.2. The van der Waals surface area contributed by atoms with Crippen molar-refractivity contribution in [1.29, 1.82) is 0 Å². The minimum atomic E-state index is -4.78. The molecule has 1 saturated heterocycles. The van der Waals surface area contributed by atoms with E-state index in [0.717, 1.165) is 28.5 Å². The van der Waals surface area contributed by atoms with Crippen LogP contribution in [0.4, 0.5) is 17.6 Å². The number of carbonyl (C=O) groups is 2. The normalized spacial score (nSPS) is 23.6. The second-order valence-electron chi connectivity index (χ2n) is 9.25. The predicted octanol–water partition coefficient (Wildman–Crippen LogP) is 5.96. The van der Waals surface area contributed by atoms with E-state index in [-0.39, 0.29) is 29.7 Å². The van der Waals surface area contributed by atoms with Crippen LogP contribution in [0.2, 0.25) is 0 Å². The molecular weight excluding hydrogens is 563 g/mol. The van der Waals surface area contributed by atoms with E-state index < -0.39 is 29.6 Å². The number of nitrogens with zero attached hydrogens (tertiary/aromatic N) is 1. The summed E-state index contributed by atoms with van der Waals surface area (Å²) in [5, 5.41) is 2.93. The number of halogens is 5. The van der Waals surface area contributed by atoms with E-state index in [1.807, 2.05) is 19.9 Å². The van der Waals surface area contributed by atoms with E-state index in [9.17, 15) is 27.2 Å². The lowest BCUT2D eigenvalue weighted by Crippen LogP contribution is -2.49. The van der Waals surface area contributed by atoms with Gasteiger partial charge in [0, 0.05) is 15.2 Å². The van der Waals surface area contributed by atoms with Crippen LogP contribution in [0.15, 0.2) is 42.5 Å². The topological polar surface area (TPSA) is 49.4 Å². The molecular formula is C25H25F4IN2O2. The molecule has 2 aromatic rings. The minimum Gasteiger partial charge on any atom is -0.347 e. The lowest BCUT2D eigenvalue weighted by Gasteiger charge is -2.30. The average Bonchev–Trinajstić information content (AvgIpc) is 3.56. The van der Waals surface area contributed by atoms with Gasteiger partial charge >= 0.3 is 6.18 Å². The predicted molar refractivity (Wildman–Crippen MR) is 127 cm³/mol. The van der Waals surface area contributed by atoms with E-state index in [2.05, 4.69) is 27.9 Å². The fraction of sp³-hybridized carbons (Fsp3) is 0.440. The molecule has 0 bridgehead atoms. The van der Waals surface area contributed by atoms with Crippen molar-refractivity contribution in [2.45, 2.75) is 57.4 Å². The van der Waals surface area contributed by atoms with Gasteiger partial charge < -0.3 is 10.2 Å². The van der Waals surface area contributed by atoms with Gasteiger partial charge in [0.25, 0.3) is 5.91 Å². The molecule has 4 rings (SSSR count). The first kappa shape index (κ1) is 24.9. The van der Waals surface area contributed by atoms with Crippen LogP contribution in [-0.2, 0) is 11.0 Å². The standard InChI is InChI=1S/C25H25F4IN2O2/c1-13-10-21(32(14(13)2)24(34)17-4-3-5-18(30)11-17)23(33)31-22(15-6-7-15)16-8-9-19(20(26)12-16)25(27,28)29/h3-5,8-9,11-15,21-22H,6-7,10H2,1-2H3,(H,31,33)/t13-,14-,21-,22-/m1/s1. The summed E-state index contributed by atoms with van der Waals surface area (Å²) in [6, 6.07) is 8.48. The quantitative estimate of drug-likeness (QED) is 0.347. The number of nitrogens with one attached hydrogen (secondary N) is 1. The summed E-state index contributed by atoms with van der Waals surface area (Å²) in [5.41, 5.74) is -0.532. The molecule has 4 nitrogen and oxygen atoms in total. The Labute approximate surface area is 209 Å². The highest BCUT2D eigenvalue weighted by molar-refractivity contribution is 14.1. The first-order chi connectivity index (χ1) is 16.0. The van der Waals surface area contributed by atoms with E-state index in [4.69, 9.17) is 0 Å². The Morgan fingerprint density at radius 1 is 1.12 bits per heavy atom. The molecule has 0 unspecified atom stereocenters. The summed E-state index contributed by atoms with van der Waals surface area (Å²) < 4.78 is 54.1. The summed E-state index contributed by atoms with van der Waals surface area (Å²) >= 11 is 2.13. The third kappa shape index (κ3) is 5.08. The van der Waals surface area contributed by atoms with Crippen LogP contribution in [0.3, 0.4) is 0 Å². The van der Waals surface area contributed by atoms with Gasteiger partial charge in [0.2, 0.25) is 5.91 Å². The Bertz CT molecular complexity index is 1100. The van der Waals surface area contributed by atoms with Gasteiger partial charge in [0.15, 0.2) is 0 Å². The highest BCUT2D eigenvalue weighted by Crippen LogP contribution is 2.43. The van der Waals surface area contributed by atoms with Crippen LogP contribution in [-0.4, -0.2) is 28.8 Å². The van der Waals surface area contributed by atoms with E-state index >= 15 is 0 Å². The number of hydrogen-bond acceptors (Lipinski definition) is 2. The number of carbonyl (C=O) groups excluding carboxylic acids is 2. The van der Waals surface area contributed by atoms with Gasteiger partial charge in [-0.3, -0.25) is 9.59 Å². The fourth-order valence-corrected chi connectivity index (χ4v) is 5.20. The largest absolute Gasteiger partial charge is 0.419 e. The highest BCUT2D eigenvalue weighted by Gasteiger charge is 2.45. The Balaban J connectivity index is 1.58. The van der Waals surface area contributed by atoms with Gasteiger partial charge in [-0.1, -0.05) is 19.1 Å².